The number of phenols is 1. The van der Waals surface area contributed by atoms with Crippen LogP contribution in [0, 0.1) is 0 Å². The Morgan fingerprint density at radius 2 is 1.29 bits per heavy atom. The fourth-order valence-corrected chi connectivity index (χ4v) is 2.21. The maximum atomic E-state index is 13.7. The summed E-state index contributed by atoms with van der Waals surface area (Å²) in [6, 6.07) is 10.9. The largest absolute Gasteiger partial charge is 0.508 e. The van der Waals surface area contributed by atoms with Crippen LogP contribution < -0.4 is 4.74 Å². The number of hydrogen-bond donors (Lipinski definition) is 1. The molecule has 0 amide bonds. The maximum absolute atomic E-state index is 13.7. The van der Waals surface area contributed by atoms with Gasteiger partial charge >= 0.3 is 6.18 Å². The van der Waals surface area contributed by atoms with Gasteiger partial charge in [0.1, 0.15) is 16.9 Å². The molecule has 5 heteroatoms. The summed E-state index contributed by atoms with van der Waals surface area (Å²) in [5.74, 6) is 0.423. The zero-order valence-electron chi connectivity index (χ0n) is 11.6. The van der Waals surface area contributed by atoms with Crippen LogP contribution in [0.1, 0.15) is 18.1 Å². The van der Waals surface area contributed by atoms with E-state index >= 15 is 0 Å². The third-order valence-electron chi connectivity index (χ3n) is 3.68. The molecule has 2 aromatic rings. The van der Waals surface area contributed by atoms with E-state index in [1.807, 2.05) is 0 Å². The molecule has 0 aliphatic carbocycles. The lowest BCUT2D eigenvalue weighted by Crippen LogP contribution is -2.40. The first-order valence-corrected chi connectivity index (χ1v) is 6.30. The zero-order chi connectivity index (χ0) is 15.7. The van der Waals surface area contributed by atoms with E-state index in [-0.39, 0.29) is 16.9 Å². The molecule has 0 aliphatic heterocycles. The third-order valence-corrected chi connectivity index (χ3v) is 3.68. The van der Waals surface area contributed by atoms with Crippen molar-refractivity contribution >= 4 is 0 Å². The Labute approximate surface area is 120 Å². The van der Waals surface area contributed by atoms with Crippen molar-refractivity contribution in [1.82, 2.24) is 0 Å². The van der Waals surface area contributed by atoms with Crippen LogP contribution >= 0.6 is 0 Å². The number of aromatic hydroxyl groups is 1. The van der Waals surface area contributed by atoms with Crippen molar-refractivity contribution < 1.29 is 23.0 Å². The molecule has 2 rings (SSSR count). The second-order valence-electron chi connectivity index (χ2n) is 4.90. The highest BCUT2D eigenvalue weighted by Gasteiger charge is 2.53. The molecule has 0 fully saturated rings. The van der Waals surface area contributed by atoms with E-state index in [0.29, 0.717) is 5.75 Å². The summed E-state index contributed by atoms with van der Waals surface area (Å²) < 4.78 is 46.0. The predicted molar refractivity (Wildman–Crippen MR) is 73.6 cm³/mol. The summed E-state index contributed by atoms with van der Waals surface area (Å²) in [6.45, 7) is 1.13. The fourth-order valence-electron chi connectivity index (χ4n) is 2.21. The highest BCUT2D eigenvalue weighted by molar-refractivity contribution is 5.44. The molecular formula is C16H15F3O2. The topological polar surface area (TPSA) is 29.5 Å². The first-order valence-electron chi connectivity index (χ1n) is 6.30. The molecule has 0 aromatic heterocycles. The van der Waals surface area contributed by atoms with E-state index in [1.54, 1.807) is 0 Å². The van der Waals surface area contributed by atoms with Gasteiger partial charge in [0.25, 0.3) is 0 Å². The van der Waals surface area contributed by atoms with E-state index in [0.717, 1.165) is 6.92 Å². The Morgan fingerprint density at radius 3 is 1.67 bits per heavy atom. The molecule has 1 unspecified atom stereocenters. The van der Waals surface area contributed by atoms with E-state index in [2.05, 4.69) is 0 Å². The minimum Gasteiger partial charge on any atom is -0.508 e. The van der Waals surface area contributed by atoms with E-state index in [9.17, 15) is 18.3 Å². The van der Waals surface area contributed by atoms with Crippen molar-refractivity contribution in [3.63, 3.8) is 0 Å². The summed E-state index contributed by atoms with van der Waals surface area (Å²) in [5.41, 5.74) is -1.98. The summed E-state index contributed by atoms with van der Waals surface area (Å²) in [7, 11) is 1.46. The summed E-state index contributed by atoms with van der Waals surface area (Å²) >= 11 is 0. The molecule has 1 N–H and O–H groups in total. The number of hydrogen-bond acceptors (Lipinski definition) is 2. The van der Waals surface area contributed by atoms with Gasteiger partial charge in [-0.25, -0.2) is 0 Å². The normalized spacial score (nSPS) is 14.5. The van der Waals surface area contributed by atoms with Gasteiger partial charge in [0.2, 0.25) is 0 Å². The van der Waals surface area contributed by atoms with Crippen LogP contribution in [-0.2, 0) is 5.41 Å². The Bertz CT molecular complexity index is 603. The maximum Gasteiger partial charge on any atom is 0.402 e. The number of phenolic OH excluding ortho intramolecular Hbond substituents is 1. The Kier molecular flexibility index (Phi) is 3.85. The van der Waals surface area contributed by atoms with Gasteiger partial charge in [-0.1, -0.05) is 24.3 Å². The number of benzene rings is 2. The van der Waals surface area contributed by atoms with Gasteiger partial charge in [-0.15, -0.1) is 0 Å². The molecule has 2 aromatic carbocycles. The first kappa shape index (κ1) is 15.2. The molecule has 0 heterocycles. The SMILES string of the molecule is COc1ccc(C(C)(c2ccc(O)cc2)C(F)(F)F)cc1. The molecule has 0 radical (unpaired) electrons. The molecule has 2 nitrogen and oxygen atoms in total. The lowest BCUT2D eigenvalue weighted by Gasteiger charge is -2.33. The van der Waals surface area contributed by atoms with Crippen molar-refractivity contribution in [1.29, 1.82) is 0 Å². The Morgan fingerprint density at radius 1 is 0.857 bits per heavy atom. The molecular weight excluding hydrogens is 281 g/mol. The highest BCUT2D eigenvalue weighted by atomic mass is 19.4. The van der Waals surface area contributed by atoms with E-state index in [1.165, 1.54) is 55.6 Å². The second kappa shape index (κ2) is 5.31. The molecule has 0 aliphatic rings. The van der Waals surface area contributed by atoms with Crippen molar-refractivity contribution in [2.75, 3.05) is 7.11 Å². The predicted octanol–water partition coefficient (Wildman–Crippen LogP) is 4.27. The minimum absolute atomic E-state index is 0.0676. The summed E-state index contributed by atoms with van der Waals surface area (Å²) in [5, 5.41) is 9.27. The van der Waals surface area contributed by atoms with Gasteiger partial charge in [-0.2, -0.15) is 13.2 Å². The summed E-state index contributed by atoms with van der Waals surface area (Å²) in [4.78, 5) is 0. The first-order chi connectivity index (χ1) is 9.79. The number of ether oxygens (including phenoxy) is 1. The van der Waals surface area contributed by atoms with Gasteiger partial charge in [-0.05, 0) is 42.3 Å². The van der Waals surface area contributed by atoms with Crippen LogP contribution in [0.3, 0.4) is 0 Å². The number of rotatable bonds is 3. The minimum atomic E-state index is -4.47. The summed E-state index contributed by atoms with van der Waals surface area (Å²) in [6.07, 6.45) is -4.47. The van der Waals surface area contributed by atoms with Crippen LogP contribution in [0.15, 0.2) is 48.5 Å². The third kappa shape index (κ3) is 2.68. The van der Waals surface area contributed by atoms with Crippen LogP contribution in [0.25, 0.3) is 0 Å². The molecule has 0 saturated heterocycles. The van der Waals surface area contributed by atoms with E-state index < -0.39 is 11.6 Å². The lowest BCUT2D eigenvalue weighted by molar-refractivity contribution is -0.173. The van der Waals surface area contributed by atoms with Gasteiger partial charge < -0.3 is 9.84 Å². The van der Waals surface area contributed by atoms with Crippen molar-refractivity contribution in [3.8, 4) is 11.5 Å². The van der Waals surface area contributed by atoms with E-state index in [4.69, 9.17) is 4.74 Å². The highest BCUT2D eigenvalue weighted by Crippen LogP contribution is 2.46. The van der Waals surface area contributed by atoms with Crippen LogP contribution in [0.4, 0.5) is 13.2 Å². The van der Waals surface area contributed by atoms with Gasteiger partial charge in [0.15, 0.2) is 0 Å². The molecule has 21 heavy (non-hydrogen) atoms. The molecule has 112 valence electrons. The molecule has 0 bridgehead atoms. The number of halogens is 3. The average molecular weight is 296 g/mol. The lowest BCUT2D eigenvalue weighted by atomic mass is 9.75. The van der Waals surface area contributed by atoms with Crippen molar-refractivity contribution in [2.24, 2.45) is 0 Å². The van der Waals surface area contributed by atoms with Crippen LogP contribution in [-0.4, -0.2) is 18.4 Å². The smallest absolute Gasteiger partial charge is 0.402 e. The van der Waals surface area contributed by atoms with Gasteiger partial charge in [0.05, 0.1) is 7.11 Å². The molecule has 1 atom stereocenters. The Balaban J connectivity index is 2.58. The standard InChI is InChI=1S/C16H15F3O2/c1-15(16(17,18)19,11-3-7-13(20)8-4-11)12-5-9-14(21-2)10-6-12/h3-10,20H,1-2H3. The zero-order valence-corrected chi connectivity index (χ0v) is 11.6. The number of alkyl halides is 3. The van der Waals surface area contributed by atoms with Crippen molar-refractivity contribution in [2.45, 2.75) is 18.5 Å². The second-order valence-corrected chi connectivity index (χ2v) is 4.90. The molecule has 0 spiro atoms. The van der Waals surface area contributed by atoms with Gasteiger partial charge in [-0.3, -0.25) is 0 Å². The fraction of sp³-hybridized carbons (Fsp3) is 0.250. The number of methoxy groups -OCH3 is 1. The van der Waals surface area contributed by atoms with Crippen LogP contribution in [0.5, 0.6) is 11.5 Å². The Hall–Kier alpha value is -2.17. The molecule has 0 saturated carbocycles. The van der Waals surface area contributed by atoms with Crippen LogP contribution in [0.2, 0.25) is 0 Å². The van der Waals surface area contributed by atoms with Gasteiger partial charge in [0, 0.05) is 0 Å². The van der Waals surface area contributed by atoms with Crippen molar-refractivity contribution in [3.05, 3.63) is 59.7 Å². The average Bonchev–Trinajstić information content (AvgIpc) is 2.46. The monoisotopic (exact) mass is 296 g/mol. The quantitative estimate of drug-likeness (QED) is 0.916.